The second-order valence-electron chi connectivity index (χ2n) is 0.944. The van der Waals surface area contributed by atoms with Gasteiger partial charge in [0, 0.05) is 0 Å². The molecule has 0 aromatic rings. The van der Waals surface area contributed by atoms with E-state index >= 15 is 0 Å². The molecule has 0 fully saturated rings. The van der Waals surface area contributed by atoms with Gasteiger partial charge in [-0.1, -0.05) is 0 Å². The summed E-state index contributed by atoms with van der Waals surface area (Å²) in [4.78, 5) is 0. The third-order valence-corrected chi connectivity index (χ3v) is 0.326. The summed E-state index contributed by atoms with van der Waals surface area (Å²) in [7, 11) is 0. The summed E-state index contributed by atoms with van der Waals surface area (Å²) in [5.74, 6) is 4.61. The number of halogens is 1. The molecule has 0 amide bonds. The van der Waals surface area contributed by atoms with Crippen molar-refractivity contribution in [1.29, 1.82) is 0 Å². The lowest BCUT2D eigenvalue weighted by molar-refractivity contribution is 1.02. The average molecular weight is 153 g/mol. The number of hydrazone groups is 2. The predicted octanol–water partition coefficient (Wildman–Crippen LogP) is -1.91. The summed E-state index contributed by atoms with van der Waals surface area (Å²) in [6.45, 7) is 0. The van der Waals surface area contributed by atoms with Crippen LogP contribution in [0.15, 0.2) is 10.2 Å². The van der Waals surface area contributed by atoms with Crippen LogP contribution in [0.1, 0.15) is 0 Å². The van der Waals surface area contributed by atoms with Gasteiger partial charge in [0.25, 0.3) is 0 Å². The molecule has 0 atom stereocenters. The molecule has 0 aromatic carbocycles. The van der Waals surface area contributed by atoms with E-state index in [4.69, 9.17) is 11.5 Å². The maximum absolute atomic E-state index is 4.90. The van der Waals surface area contributed by atoms with Crippen LogP contribution in [0.25, 0.3) is 0 Å². The van der Waals surface area contributed by atoms with Gasteiger partial charge in [-0.05, 0) is 0 Å². The van der Waals surface area contributed by atoms with Gasteiger partial charge in [-0.15, -0.1) is 17.5 Å². The van der Waals surface area contributed by atoms with Crippen molar-refractivity contribution in [3.8, 4) is 0 Å². The summed E-state index contributed by atoms with van der Waals surface area (Å²) >= 11 is 0. The Hall–Kier alpha value is -1.17. The fourth-order valence-corrected chi connectivity index (χ4v) is 0.137. The van der Waals surface area contributed by atoms with Gasteiger partial charge < -0.3 is 17.3 Å². The lowest BCUT2D eigenvalue weighted by Crippen LogP contribution is -2.26. The molecule has 0 rings (SSSR count). The smallest absolute Gasteiger partial charge is 0.208 e. The third-order valence-electron chi connectivity index (χ3n) is 0.326. The van der Waals surface area contributed by atoms with E-state index in [0.29, 0.717) is 0 Å². The predicted molar refractivity (Wildman–Crippen MR) is 38.9 cm³/mol. The zero-order chi connectivity index (χ0) is 6.41. The van der Waals surface area contributed by atoms with E-state index in [1.165, 1.54) is 0 Å². The largest absolute Gasteiger partial charge is 0.369 e. The van der Waals surface area contributed by atoms with Crippen molar-refractivity contribution in [3.05, 3.63) is 0 Å². The second-order valence-corrected chi connectivity index (χ2v) is 0.944. The molecule has 0 aliphatic heterocycles. The number of nitrogens with one attached hydrogen (secondary N) is 1. The Morgan fingerprint density at radius 1 is 1.44 bits per heavy atom. The van der Waals surface area contributed by atoms with E-state index in [1.54, 1.807) is 0 Å². The molecule has 7 N–H and O–H groups in total. The van der Waals surface area contributed by atoms with Gasteiger partial charge in [0.05, 0.1) is 0 Å². The Morgan fingerprint density at radius 2 is 2.00 bits per heavy atom. The number of rotatable bonds is 2. The Morgan fingerprint density at radius 3 is 2.33 bits per heavy atom. The van der Waals surface area contributed by atoms with Gasteiger partial charge in [0.1, 0.15) is 6.34 Å². The van der Waals surface area contributed by atoms with E-state index in [-0.39, 0.29) is 18.4 Å². The molecule has 0 aliphatic rings. The van der Waals surface area contributed by atoms with E-state index in [2.05, 4.69) is 21.5 Å². The van der Waals surface area contributed by atoms with Crippen molar-refractivity contribution < 1.29 is 0 Å². The first-order valence-electron chi connectivity index (χ1n) is 1.83. The first kappa shape index (κ1) is 10.7. The fraction of sp³-hybridized carbons (Fsp3) is 0. The first-order valence-corrected chi connectivity index (χ1v) is 1.83. The third kappa shape index (κ3) is 10.9. The summed E-state index contributed by atoms with van der Waals surface area (Å²) in [6.07, 6.45) is 1.15. The van der Waals surface area contributed by atoms with Gasteiger partial charge in [0.2, 0.25) is 5.96 Å². The Bertz CT molecular complexity index is 104. The minimum absolute atomic E-state index is 0. The molecule has 0 heterocycles. The lowest BCUT2D eigenvalue weighted by Gasteiger charge is -1.87. The van der Waals surface area contributed by atoms with Gasteiger partial charge in [-0.3, -0.25) is 5.43 Å². The normalized spacial score (nSPS) is 8.00. The molecule has 0 aliphatic carbocycles. The Kier molecular flexibility index (Phi) is 8.16. The van der Waals surface area contributed by atoms with Crippen molar-refractivity contribution in [2.75, 3.05) is 0 Å². The Balaban J connectivity index is 0. The highest BCUT2D eigenvalue weighted by molar-refractivity contribution is 5.85. The van der Waals surface area contributed by atoms with Crippen molar-refractivity contribution in [2.45, 2.75) is 0 Å². The van der Waals surface area contributed by atoms with Crippen LogP contribution in [0.3, 0.4) is 0 Å². The molecular weight excluding hydrogens is 144 g/mol. The molecule has 0 saturated carbocycles. The molecule has 0 unspecified atom stereocenters. The van der Waals surface area contributed by atoms with Crippen molar-refractivity contribution in [3.63, 3.8) is 0 Å². The lowest BCUT2D eigenvalue weighted by atomic mass is 11.1. The van der Waals surface area contributed by atoms with E-state index in [9.17, 15) is 0 Å². The quantitative estimate of drug-likeness (QED) is 0.160. The van der Waals surface area contributed by atoms with Gasteiger partial charge in [-0.25, -0.2) is 0 Å². The van der Waals surface area contributed by atoms with Gasteiger partial charge in [-0.2, -0.15) is 5.10 Å². The van der Waals surface area contributed by atoms with Crippen LogP contribution in [-0.4, -0.2) is 12.3 Å². The molecule has 54 valence electrons. The average Bonchev–Trinajstić information content (AvgIpc) is 1.66. The second kappa shape index (κ2) is 6.83. The monoisotopic (exact) mass is 152 g/mol. The van der Waals surface area contributed by atoms with Crippen LogP contribution in [-0.2, 0) is 0 Å². The number of guanidine groups is 1. The molecule has 7 heteroatoms. The number of nitrogens with zero attached hydrogens (tertiary/aromatic N) is 2. The van der Waals surface area contributed by atoms with Crippen molar-refractivity contribution >= 4 is 24.7 Å². The SMILES string of the molecule is Cl.N/N=C/NN=C(N)N. The number of nitrogens with two attached hydrogens (primary N) is 3. The Labute approximate surface area is 58.6 Å². The van der Waals surface area contributed by atoms with Crippen molar-refractivity contribution in [1.82, 2.24) is 5.43 Å². The minimum Gasteiger partial charge on any atom is -0.369 e. The topological polar surface area (TPSA) is 115 Å². The molecule has 0 spiro atoms. The summed E-state index contributed by atoms with van der Waals surface area (Å²) < 4.78 is 0. The van der Waals surface area contributed by atoms with Gasteiger partial charge in [0.15, 0.2) is 0 Å². The standard InChI is InChI=1S/C2H8N6.ClH/c3-2(4)8-7-1-6-5;/h1H,5H2,(H,6,7)(H4,3,4,8);1H. The first-order chi connectivity index (χ1) is 3.77. The highest BCUT2D eigenvalue weighted by atomic mass is 35.5. The number of hydrogen-bond donors (Lipinski definition) is 4. The minimum atomic E-state index is -0.0649. The molecule has 9 heavy (non-hydrogen) atoms. The van der Waals surface area contributed by atoms with Crippen LogP contribution >= 0.6 is 12.4 Å². The van der Waals surface area contributed by atoms with Gasteiger partial charge >= 0.3 is 0 Å². The number of hydrogen-bond acceptors (Lipinski definition) is 3. The fourth-order valence-electron chi connectivity index (χ4n) is 0.137. The van der Waals surface area contributed by atoms with E-state index < -0.39 is 0 Å². The van der Waals surface area contributed by atoms with Crippen LogP contribution in [0.4, 0.5) is 0 Å². The highest BCUT2D eigenvalue weighted by Crippen LogP contribution is 1.47. The summed E-state index contributed by atoms with van der Waals surface area (Å²) in [6, 6.07) is 0. The molecule has 0 bridgehead atoms. The van der Waals surface area contributed by atoms with E-state index in [1.807, 2.05) is 0 Å². The highest BCUT2D eigenvalue weighted by Gasteiger charge is 1.70. The maximum Gasteiger partial charge on any atom is 0.208 e. The summed E-state index contributed by atoms with van der Waals surface area (Å²) in [5, 5.41) is 6.36. The molecule has 0 saturated heterocycles. The van der Waals surface area contributed by atoms with Crippen molar-refractivity contribution in [2.24, 2.45) is 27.5 Å². The molecule has 0 aromatic heterocycles. The van der Waals surface area contributed by atoms with Crippen LogP contribution in [0, 0.1) is 0 Å². The molecule has 0 radical (unpaired) electrons. The zero-order valence-electron chi connectivity index (χ0n) is 4.61. The van der Waals surface area contributed by atoms with Crippen LogP contribution < -0.4 is 22.7 Å². The molecule has 6 nitrogen and oxygen atoms in total. The van der Waals surface area contributed by atoms with E-state index in [0.717, 1.165) is 6.34 Å². The van der Waals surface area contributed by atoms with Crippen LogP contribution in [0.2, 0.25) is 0 Å². The summed E-state index contributed by atoms with van der Waals surface area (Å²) in [5.41, 5.74) is 12.0. The van der Waals surface area contributed by atoms with Crippen LogP contribution in [0.5, 0.6) is 0 Å². The molecular formula is C2H9ClN6. The zero-order valence-corrected chi connectivity index (χ0v) is 5.43. The maximum atomic E-state index is 4.90.